The Morgan fingerprint density at radius 1 is 1.35 bits per heavy atom. The number of halogens is 1. The second-order valence-electron chi connectivity index (χ2n) is 7.10. The van der Waals surface area contributed by atoms with Gasteiger partial charge in [0.05, 0.1) is 12.6 Å². The summed E-state index contributed by atoms with van der Waals surface area (Å²) in [5, 5.41) is 15.6. The summed E-state index contributed by atoms with van der Waals surface area (Å²) in [6, 6.07) is 7.54. The average molecular weight is 378 g/mol. The summed E-state index contributed by atoms with van der Waals surface area (Å²) < 4.78 is 0. The highest BCUT2D eigenvalue weighted by Crippen LogP contribution is 2.39. The van der Waals surface area contributed by atoms with Gasteiger partial charge in [-0.15, -0.1) is 0 Å². The first-order chi connectivity index (χ1) is 12.3. The number of hydrogen-bond acceptors (Lipinski definition) is 3. The number of likely N-dealkylation sites (N-methyl/N-ethyl adjacent to an activating group) is 1. The molecule has 1 aromatic rings. The Morgan fingerprint density at radius 3 is 2.58 bits per heavy atom. The first-order valence-corrected chi connectivity index (χ1v) is 9.27. The average Bonchev–Trinajstić information content (AvgIpc) is 3.42. The molecule has 2 rings (SSSR count). The fourth-order valence-electron chi connectivity index (χ4n) is 2.91. The molecule has 0 bridgehead atoms. The Morgan fingerprint density at radius 2 is 2.00 bits per heavy atom. The summed E-state index contributed by atoms with van der Waals surface area (Å²) in [6.45, 7) is 6.53. The van der Waals surface area contributed by atoms with E-state index in [0.29, 0.717) is 17.3 Å². The zero-order valence-electron chi connectivity index (χ0n) is 15.5. The summed E-state index contributed by atoms with van der Waals surface area (Å²) in [5.41, 5.74) is 0.789. The van der Waals surface area contributed by atoms with Crippen LogP contribution >= 0.6 is 11.6 Å². The fourth-order valence-corrected chi connectivity index (χ4v) is 3.08. The van der Waals surface area contributed by atoms with Crippen LogP contribution in [0.3, 0.4) is 0 Å². The maximum atomic E-state index is 12.3. The van der Waals surface area contributed by atoms with Gasteiger partial charge in [0.25, 0.3) is 11.8 Å². The highest BCUT2D eigenvalue weighted by molar-refractivity contribution is 6.31. The minimum Gasteiger partial charge on any atom is -0.333 e. The summed E-state index contributed by atoms with van der Waals surface area (Å²) in [7, 11) is 0. The molecule has 0 heterocycles. The number of nitriles is 1. The smallest absolute Gasteiger partial charge is 0.279 e. The maximum Gasteiger partial charge on any atom is 0.279 e. The van der Waals surface area contributed by atoms with E-state index in [2.05, 4.69) is 16.7 Å². The first-order valence-electron chi connectivity index (χ1n) is 8.89. The second-order valence-corrected chi connectivity index (χ2v) is 7.54. The van der Waals surface area contributed by atoms with Gasteiger partial charge in [0.2, 0.25) is 0 Å². The molecule has 2 amide bonds. The number of rotatable bonds is 8. The molecule has 1 aliphatic carbocycles. The summed E-state index contributed by atoms with van der Waals surface area (Å²) in [6.07, 6.45) is 1.94. The number of hydrogen-bond donors (Lipinski definition) is 3. The van der Waals surface area contributed by atoms with Crippen LogP contribution < -0.4 is 15.5 Å². The number of carbonyl (C=O) groups excluding carboxylic acids is 2. The largest absolute Gasteiger partial charge is 0.333 e. The molecule has 0 aliphatic heterocycles. The Balaban J connectivity index is 1.90. The van der Waals surface area contributed by atoms with Crippen LogP contribution in [0.5, 0.6) is 0 Å². The van der Waals surface area contributed by atoms with Gasteiger partial charge in [0.1, 0.15) is 5.54 Å². The molecule has 1 aromatic carbocycles. The third kappa shape index (κ3) is 5.45. The SMILES string of the molecule is CC[NH+](CC(=O)Nc1cc(Cl)ccc1C)CC(=O)N[C@@](C)(C#N)C1CC1. The van der Waals surface area contributed by atoms with Crippen molar-refractivity contribution in [1.82, 2.24) is 5.32 Å². The first kappa shape index (κ1) is 20.2. The molecule has 0 spiro atoms. The van der Waals surface area contributed by atoms with Crippen molar-refractivity contribution in [3.63, 3.8) is 0 Å². The lowest BCUT2D eigenvalue weighted by atomic mass is 9.98. The standard InChI is InChI=1S/C19H25ClN4O2/c1-4-24(11-18(26)23-19(3,12-21)14-6-7-14)10-17(25)22-16-9-15(20)8-5-13(16)2/h5,8-9,14H,4,6-7,10-11H2,1-3H3,(H,22,25)(H,23,26)/p+1/t19-/m0/s1. The van der Waals surface area contributed by atoms with E-state index in [1.165, 1.54) is 0 Å². The summed E-state index contributed by atoms with van der Waals surface area (Å²) in [5.74, 6) is -0.148. The van der Waals surface area contributed by atoms with Crippen LogP contribution in [-0.4, -0.2) is 37.0 Å². The topological polar surface area (TPSA) is 86.4 Å². The predicted molar refractivity (Wildman–Crippen MR) is 101 cm³/mol. The van der Waals surface area contributed by atoms with Crippen LogP contribution in [0.15, 0.2) is 18.2 Å². The van der Waals surface area contributed by atoms with Crippen LogP contribution in [0.4, 0.5) is 5.69 Å². The molecular weight excluding hydrogens is 352 g/mol. The quantitative estimate of drug-likeness (QED) is 0.638. The van der Waals surface area contributed by atoms with Crippen molar-refractivity contribution in [2.24, 2.45) is 5.92 Å². The van der Waals surface area contributed by atoms with Crippen molar-refractivity contribution >= 4 is 29.1 Å². The van der Waals surface area contributed by atoms with Crippen LogP contribution in [0.1, 0.15) is 32.3 Å². The molecule has 7 heteroatoms. The van der Waals surface area contributed by atoms with E-state index in [-0.39, 0.29) is 30.8 Å². The normalized spacial score (nSPS) is 16.9. The number of nitrogens with zero attached hydrogens (tertiary/aromatic N) is 1. The number of quaternary nitrogens is 1. The molecule has 1 fully saturated rings. The molecule has 140 valence electrons. The Kier molecular flexibility index (Phi) is 6.63. The lowest BCUT2D eigenvalue weighted by Crippen LogP contribution is -3.14. The molecular formula is C19H26ClN4O2+. The fraction of sp³-hybridized carbons (Fsp3) is 0.526. The van der Waals surface area contributed by atoms with Crippen LogP contribution in [0.2, 0.25) is 5.02 Å². The Labute approximate surface area is 159 Å². The van der Waals surface area contributed by atoms with Gasteiger partial charge in [-0.2, -0.15) is 5.26 Å². The van der Waals surface area contributed by atoms with Crippen molar-refractivity contribution < 1.29 is 14.5 Å². The minimum absolute atomic E-state index is 0.155. The van der Waals surface area contributed by atoms with Crippen LogP contribution in [0.25, 0.3) is 0 Å². The van der Waals surface area contributed by atoms with Crippen molar-refractivity contribution in [3.05, 3.63) is 28.8 Å². The predicted octanol–water partition coefficient (Wildman–Crippen LogP) is 1.30. The van der Waals surface area contributed by atoms with E-state index >= 15 is 0 Å². The van der Waals surface area contributed by atoms with Gasteiger partial charge in [0, 0.05) is 10.7 Å². The number of aryl methyl sites for hydroxylation is 1. The van der Waals surface area contributed by atoms with Crippen molar-refractivity contribution in [2.45, 2.75) is 39.2 Å². The monoisotopic (exact) mass is 377 g/mol. The van der Waals surface area contributed by atoms with E-state index in [9.17, 15) is 14.9 Å². The van der Waals surface area contributed by atoms with Crippen LogP contribution in [-0.2, 0) is 9.59 Å². The number of nitrogens with one attached hydrogen (secondary N) is 3. The molecule has 0 radical (unpaired) electrons. The maximum absolute atomic E-state index is 12.3. The van der Waals surface area contributed by atoms with E-state index in [4.69, 9.17) is 11.6 Å². The molecule has 2 atom stereocenters. The number of benzene rings is 1. The van der Waals surface area contributed by atoms with Gasteiger partial charge in [-0.25, -0.2) is 0 Å². The van der Waals surface area contributed by atoms with Crippen molar-refractivity contribution in [2.75, 3.05) is 25.0 Å². The van der Waals surface area contributed by atoms with Gasteiger partial charge in [-0.3, -0.25) is 9.59 Å². The van der Waals surface area contributed by atoms with E-state index < -0.39 is 5.54 Å². The molecule has 0 saturated heterocycles. The molecule has 6 nitrogen and oxygen atoms in total. The highest BCUT2D eigenvalue weighted by Gasteiger charge is 2.43. The molecule has 3 N–H and O–H groups in total. The van der Waals surface area contributed by atoms with E-state index in [1.54, 1.807) is 19.1 Å². The zero-order chi connectivity index (χ0) is 19.3. The second kappa shape index (κ2) is 8.52. The molecule has 1 saturated carbocycles. The van der Waals surface area contributed by atoms with Gasteiger partial charge >= 0.3 is 0 Å². The minimum atomic E-state index is -0.809. The lowest BCUT2D eigenvalue weighted by molar-refractivity contribution is -0.881. The van der Waals surface area contributed by atoms with Crippen LogP contribution in [0, 0.1) is 24.2 Å². The van der Waals surface area contributed by atoms with E-state index in [0.717, 1.165) is 23.3 Å². The Bertz CT molecular complexity index is 727. The summed E-state index contributed by atoms with van der Waals surface area (Å²) in [4.78, 5) is 25.5. The third-order valence-electron chi connectivity index (χ3n) is 4.82. The number of carbonyl (C=O) groups is 2. The van der Waals surface area contributed by atoms with E-state index in [1.807, 2.05) is 19.9 Å². The number of anilines is 1. The molecule has 1 unspecified atom stereocenters. The molecule has 1 aliphatic rings. The van der Waals surface area contributed by atoms with Gasteiger partial charge in [0.15, 0.2) is 13.1 Å². The van der Waals surface area contributed by atoms with Gasteiger partial charge in [-0.1, -0.05) is 17.7 Å². The highest BCUT2D eigenvalue weighted by atomic mass is 35.5. The van der Waals surface area contributed by atoms with Crippen molar-refractivity contribution in [1.29, 1.82) is 5.26 Å². The number of amides is 2. The summed E-state index contributed by atoms with van der Waals surface area (Å²) >= 11 is 5.97. The molecule has 0 aromatic heterocycles. The van der Waals surface area contributed by atoms with Crippen molar-refractivity contribution in [3.8, 4) is 6.07 Å². The Hall–Kier alpha value is -2.10. The van der Waals surface area contributed by atoms with Gasteiger partial charge in [-0.05, 0) is 57.2 Å². The lowest BCUT2D eigenvalue weighted by Gasteiger charge is -2.24. The molecule has 26 heavy (non-hydrogen) atoms. The van der Waals surface area contributed by atoms with Gasteiger partial charge < -0.3 is 15.5 Å². The zero-order valence-corrected chi connectivity index (χ0v) is 16.2. The third-order valence-corrected chi connectivity index (χ3v) is 5.06.